The van der Waals surface area contributed by atoms with Gasteiger partial charge in [0.05, 0.1) is 23.0 Å². The van der Waals surface area contributed by atoms with E-state index in [2.05, 4.69) is 5.32 Å². The molecule has 1 saturated heterocycles. The number of rotatable bonds is 5. The van der Waals surface area contributed by atoms with Crippen molar-refractivity contribution in [2.75, 3.05) is 37.9 Å². The zero-order valence-corrected chi connectivity index (χ0v) is 18.3. The predicted octanol–water partition coefficient (Wildman–Crippen LogP) is 2.47. The first kappa shape index (κ1) is 22.4. The third kappa shape index (κ3) is 4.56. The summed E-state index contributed by atoms with van der Waals surface area (Å²) in [4.78, 5) is 37.8. The van der Waals surface area contributed by atoms with Crippen molar-refractivity contribution in [1.29, 1.82) is 0 Å². The number of sulfone groups is 1. The van der Waals surface area contributed by atoms with Crippen LogP contribution in [-0.4, -0.2) is 62.6 Å². The number of para-hydroxylation sites is 1. The molecule has 2 aromatic carbocycles. The Hall–Kier alpha value is -3.77. The number of hydrogen-bond donors (Lipinski definition) is 1. The van der Waals surface area contributed by atoms with Crippen LogP contribution in [0.15, 0.2) is 51.8 Å². The van der Waals surface area contributed by atoms with E-state index in [0.29, 0.717) is 37.3 Å². The van der Waals surface area contributed by atoms with E-state index < -0.39 is 32.3 Å². The lowest BCUT2D eigenvalue weighted by atomic mass is 10.1. The number of nitro groups is 1. The topological polar surface area (TPSA) is 149 Å². The minimum Gasteiger partial charge on any atom is -0.449 e. The Morgan fingerprint density at radius 2 is 1.82 bits per heavy atom. The number of morpholine rings is 1. The number of hydrogen-bond acceptors (Lipinski definition) is 8. The third-order valence-corrected chi connectivity index (χ3v) is 6.21. The van der Waals surface area contributed by atoms with Crippen molar-refractivity contribution >= 4 is 44.0 Å². The van der Waals surface area contributed by atoms with Gasteiger partial charge in [0.25, 0.3) is 17.5 Å². The van der Waals surface area contributed by atoms with E-state index in [1.165, 1.54) is 4.90 Å². The molecule has 3 aromatic rings. The molecule has 4 rings (SSSR count). The Balaban J connectivity index is 1.76. The zero-order valence-electron chi connectivity index (χ0n) is 17.4. The zero-order chi connectivity index (χ0) is 23.8. The van der Waals surface area contributed by atoms with Crippen LogP contribution in [0.3, 0.4) is 0 Å². The van der Waals surface area contributed by atoms with Gasteiger partial charge in [-0.25, -0.2) is 8.42 Å². The number of carbonyl (C=O) groups is 2. The summed E-state index contributed by atoms with van der Waals surface area (Å²) in [6, 6.07) is 9.59. The van der Waals surface area contributed by atoms with Gasteiger partial charge in [0.1, 0.15) is 11.3 Å². The van der Waals surface area contributed by atoms with Crippen LogP contribution < -0.4 is 5.32 Å². The number of nitrogens with zero attached hydrogens (tertiary/aromatic N) is 2. The SMILES string of the molecule is CS(=O)(=O)c1cc(C(=O)Nc2c(C(=O)N3CCOCC3)oc3ccccc23)cc([N+](=O)[O-])c1. The summed E-state index contributed by atoms with van der Waals surface area (Å²) in [5.74, 6) is -1.37. The number of ether oxygens (including phenoxy) is 1. The highest BCUT2D eigenvalue weighted by Gasteiger charge is 2.28. The first-order chi connectivity index (χ1) is 15.6. The summed E-state index contributed by atoms with van der Waals surface area (Å²) in [5.41, 5.74) is -0.343. The largest absolute Gasteiger partial charge is 0.449 e. The second-order valence-corrected chi connectivity index (χ2v) is 9.42. The van der Waals surface area contributed by atoms with Crippen LogP contribution in [0, 0.1) is 10.1 Å². The van der Waals surface area contributed by atoms with E-state index in [9.17, 15) is 28.1 Å². The van der Waals surface area contributed by atoms with Crippen LogP contribution in [0.2, 0.25) is 0 Å². The van der Waals surface area contributed by atoms with E-state index in [-0.39, 0.29) is 21.9 Å². The predicted molar refractivity (Wildman–Crippen MR) is 117 cm³/mol. The number of anilines is 1. The Labute approximate surface area is 188 Å². The number of nitrogens with one attached hydrogen (secondary N) is 1. The minimum atomic E-state index is -3.82. The maximum atomic E-state index is 13.1. The highest BCUT2D eigenvalue weighted by molar-refractivity contribution is 7.90. The molecular weight excluding hydrogens is 454 g/mol. The number of benzene rings is 2. The highest BCUT2D eigenvalue weighted by Crippen LogP contribution is 2.33. The number of furan rings is 1. The van der Waals surface area contributed by atoms with Crippen LogP contribution in [0.4, 0.5) is 11.4 Å². The number of carbonyl (C=O) groups excluding carboxylic acids is 2. The highest BCUT2D eigenvalue weighted by atomic mass is 32.2. The molecule has 33 heavy (non-hydrogen) atoms. The van der Waals surface area contributed by atoms with Crippen LogP contribution in [0.1, 0.15) is 20.9 Å². The van der Waals surface area contributed by atoms with Crippen LogP contribution in [0.25, 0.3) is 11.0 Å². The van der Waals surface area contributed by atoms with Gasteiger partial charge >= 0.3 is 0 Å². The van der Waals surface area contributed by atoms with Crippen molar-refractivity contribution in [3.63, 3.8) is 0 Å². The van der Waals surface area contributed by atoms with Crippen molar-refractivity contribution in [3.05, 3.63) is 63.9 Å². The number of fused-ring (bicyclic) bond motifs is 1. The average Bonchev–Trinajstić information content (AvgIpc) is 3.16. The Morgan fingerprint density at radius 3 is 2.48 bits per heavy atom. The van der Waals surface area contributed by atoms with E-state index in [1.807, 2.05) is 0 Å². The van der Waals surface area contributed by atoms with Gasteiger partial charge in [-0.15, -0.1) is 0 Å². The summed E-state index contributed by atoms with van der Waals surface area (Å²) < 4.78 is 34.9. The maximum Gasteiger partial charge on any atom is 0.291 e. The molecule has 12 heteroatoms. The van der Waals surface area contributed by atoms with Crippen LogP contribution in [-0.2, 0) is 14.6 Å². The van der Waals surface area contributed by atoms with Gasteiger partial charge < -0.3 is 19.4 Å². The molecule has 0 spiro atoms. The van der Waals surface area contributed by atoms with Crippen molar-refractivity contribution in [3.8, 4) is 0 Å². The fraction of sp³-hybridized carbons (Fsp3) is 0.238. The maximum absolute atomic E-state index is 13.1. The summed E-state index contributed by atoms with van der Waals surface area (Å²) in [5, 5.41) is 14.3. The van der Waals surface area contributed by atoms with Crippen LogP contribution in [0.5, 0.6) is 0 Å². The molecule has 0 unspecified atom stereocenters. The minimum absolute atomic E-state index is 0.0968. The smallest absolute Gasteiger partial charge is 0.291 e. The second kappa shape index (κ2) is 8.64. The fourth-order valence-corrected chi connectivity index (χ4v) is 4.13. The van der Waals surface area contributed by atoms with Crippen molar-refractivity contribution in [1.82, 2.24) is 4.90 Å². The quantitative estimate of drug-likeness (QED) is 0.439. The molecular formula is C21H19N3O8S. The van der Waals surface area contributed by atoms with Crippen molar-refractivity contribution in [2.45, 2.75) is 4.90 Å². The van der Waals surface area contributed by atoms with Gasteiger partial charge in [-0.1, -0.05) is 12.1 Å². The molecule has 0 bridgehead atoms. The molecule has 1 N–H and O–H groups in total. The standard InChI is InChI=1S/C21H19N3O8S/c1-33(29,30)15-11-13(10-14(12-15)24(27)28)20(25)22-18-16-4-2-3-5-17(16)32-19(18)21(26)23-6-8-31-9-7-23/h2-5,10-12H,6-9H2,1H3,(H,22,25). The summed E-state index contributed by atoms with van der Waals surface area (Å²) >= 11 is 0. The molecule has 0 atom stereocenters. The van der Waals surface area contributed by atoms with Gasteiger partial charge in [0.2, 0.25) is 5.76 Å². The Morgan fingerprint density at radius 1 is 1.12 bits per heavy atom. The van der Waals surface area contributed by atoms with Gasteiger partial charge in [0, 0.05) is 42.4 Å². The number of non-ortho nitro benzene ring substituents is 1. The van der Waals surface area contributed by atoms with Crippen molar-refractivity contribution < 1.29 is 32.1 Å². The van der Waals surface area contributed by atoms with Crippen LogP contribution >= 0.6 is 0 Å². The van der Waals surface area contributed by atoms with Gasteiger partial charge in [-0.2, -0.15) is 0 Å². The van der Waals surface area contributed by atoms with E-state index in [1.54, 1.807) is 24.3 Å². The molecule has 0 aliphatic carbocycles. The lowest BCUT2D eigenvalue weighted by molar-refractivity contribution is -0.385. The molecule has 1 aliphatic heterocycles. The lowest BCUT2D eigenvalue weighted by Gasteiger charge is -2.26. The van der Waals surface area contributed by atoms with E-state index >= 15 is 0 Å². The number of nitro benzene ring substituents is 1. The second-order valence-electron chi connectivity index (χ2n) is 7.41. The average molecular weight is 473 g/mol. The molecule has 0 radical (unpaired) electrons. The molecule has 2 heterocycles. The third-order valence-electron chi connectivity index (χ3n) is 5.12. The van der Waals surface area contributed by atoms with Gasteiger partial charge in [0.15, 0.2) is 9.84 Å². The first-order valence-electron chi connectivity index (χ1n) is 9.84. The molecule has 172 valence electrons. The first-order valence-corrected chi connectivity index (χ1v) is 11.7. The monoisotopic (exact) mass is 473 g/mol. The molecule has 0 saturated carbocycles. The van der Waals surface area contributed by atoms with Crippen molar-refractivity contribution in [2.24, 2.45) is 0 Å². The Kier molecular flexibility index (Phi) is 5.87. The summed E-state index contributed by atoms with van der Waals surface area (Å²) in [6.45, 7) is 1.45. The van der Waals surface area contributed by atoms with Gasteiger partial charge in [-0.3, -0.25) is 19.7 Å². The fourth-order valence-electron chi connectivity index (χ4n) is 3.45. The number of amides is 2. The molecule has 2 amide bonds. The summed E-state index contributed by atoms with van der Waals surface area (Å²) in [6.07, 6.45) is 0.885. The summed E-state index contributed by atoms with van der Waals surface area (Å²) in [7, 11) is -3.82. The molecule has 11 nitrogen and oxygen atoms in total. The van der Waals surface area contributed by atoms with E-state index in [0.717, 1.165) is 24.5 Å². The molecule has 1 aromatic heterocycles. The lowest BCUT2D eigenvalue weighted by Crippen LogP contribution is -2.40. The molecule has 1 fully saturated rings. The Bertz CT molecular complexity index is 1370. The normalized spacial score (nSPS) is 14.3. The van der Waals surface area contributed by atoms with E-state index in [4.69, 9.17) is 9.15 Å². The van der Waals surface area contributed by atoms with Gasteiger partial charge in [-0.05, 0) is 18.2 Å². The molecule has 1 aliphatic rings.